The van der Waals surface area contributed by atoms with Crippen molar-refractivity contribution in [3.63, 3.8) is 0 Å². The minimum absolute atomic E-state index is 0. The summed E-state index contributed by atoms with van der Waals surface area (Å²) in [5.41, 5.74) is 7.72. The third-order valence-electron chi connectivity index (χ3n) is 4.01. The second-order valence-corrected chi connectivity index (χ2v) is 7.45. The average Bonchev–Trinajstić information content (AvgIpc) is 3.01. The number of amides is 1. The number of hydrogen-bond donors (Lipinski definition) is 2. The third-order valence-corrected chi connectivity index (χ3v) is 5.44. The number of carbonyl (C=O) groups excluding carboxylic acids is 1. The van der Waals surface area contributed by atoms with Gasteiger partial charge in [0.2, 0.25) is 5.91 Å². The van der Waals surface area contributed by atoms with Gasteiger partial charge in [0.25, 0.3) is 0 Å². The van der Waals surface area contributed by atoms with E-state index < -0.39 is 0 Å². The molecule has 0 aliphatic rings. The average molecular weight is 469 g/mol. The van der Waals surface area contributed by atoms with E-state index in [1.807, 2.05) is 43.5 Å². The number of halogens is 3. The fourth-order valence-electron chi connectivity index (χ4n) is 2.14. The number of thiazole rings is 1. The summed E-state index contributed by atoms with van der Waals surface area (Å²) in [6.45, 7) is 4.59. The maximum atomic E-state index is 12.1. The maximum absolute atomic E-state index is 12.1. The van der Waals surface area contributed by atoms with Gasteiger partial charge in [0.05, 0.1) is 12.1 Å². The highest BCUT2D eigenvalue weighted by Gasteiger charge is 2.21. The molecule has 4 nitrogen and oxygen atoms in total. The summed E-state index contributed by atoms with van der Waals surface area (Å²) < 4.78 is 1.02. The molecule has 2 rings (SSSR count). The predicted octanol–water partition coefficient (Wildman–Crippen LogP) is 4.59. The molecule has 0 saturated heterocycles. The first kappa shape index (κ1) is 24.3. The molecule has 0 aliphatic carbocycles. The van der Waals surface area contributed by atoms with Crippen LogP contribution in [0.15, 0.2) is 34.1 Å². The Morgan fingerprint density at radius 2 is 2.00 bits per heavy atom. The van der Waals surface area contributed by atoms with Crippen LogP contribution in [0.1, 0.15) is 32.4 Å². The molecule has 0 fully saturated rings. The summed E-state index contributed by atoms with van der Waals surface area (Å²) in [5, 5.41) is 5.78. The van der Waals surface area contributed by atoms with Gasteiger partial charge in [0.15, 0.2) is 0 Å². The van der Waals surface area contributed by atoms with Crippen LogP contribution in [0, 0.1) is 0 Å². The van der Waals surface area contributed by atoms with Crippen LogP contribution in [0.2, 0.25) is 0 Å². The number of aromatic nitrogens is 1. The Labute approximate surface area is 173 Å². The van der Waals surface area contributed by atoms with Crippen molar-refractivity contribution in [2.24, 2.45) is 5.73 Å². The van der Waals surface area contributed by atoms with Crippen LogP contribution in [-0.4, -0.2) is 23.0 Å². The fourth-order valence-corrected chi connectivity index (χ4v) is 3.36. The van der Waals surface area contributed by atoms with Crippen molar-refractivity contribution in [3.05, 3.63) is 39.8 Å². The molecule has 0 atom stereocenters. The molecule has 25 heavy (non-hydrogen) atoms. The van der Waals surface area contributed by atoms with Gasteiger partial charge in [-0.3, -0.25) is 4.79 Å². The number of benzene rings is 1. The molecule has 0 bridgehead atoms. The monoisotopic (exact) mass is 467 g/mol. The first-order valence-electron chi connectivity index (χ1n) is 7.71. The van der Waals surface area contributed by atoms with Crippen molar-refractivity contribution < 1.29 is 4.79 Å². The molecular weight excluding hydrogens is 445 g/mol. The normalized spacial score (nSPS) is 10.6. The number of nitrogens with two attached hydrogens (primary N) is 1. The predicted molar refractivity (Wildman–Crippen MR) is 114 cm³/mol. The molecule has 0 spiro atoms. The summed E-state index contributed by atoms with van der Waals surface area (Å²) >= 11 is 5.01. The Kier molecular flexibility index (Phi) is 10.8. The zero-order valence-electron chi connectivity index (χ0n) is 14.3. The Balaban J connectivity index is 0.00000288. The number of hydrogen-bond acceptors (Lipinski definition) is 4. The summed E-state index contributed by atoms with van der Waals surface area (Å²) in [5.74, 6) is -0.0344. The maximum Gasteiger partial charge on any atom is 0.226 e. The number of nitrogens with zero attached hydrogens (tertiary/aromatic N) is 1. The number of carbonyl (C=O) groups is 1. The topological polar surface area (TPSA) is 68.0 Å². The number of rotatable bonds is 7. The summed E-state index contributed by atoms with van der Waals surface area (Å²) in [7, 11) is 0. The highest BCUT2D eigenvalue weighted by atomic mass is 79.9. The Morgan fingerprint density at radius 3 is 2.60 bits per heavy atom. The second-order valence-electron chi connectivity index (χ2n) is 5.68. The summed E-state index contributed by atoms with van der Waals surface area (Å²) in [4.78, 5) is 16.6. The molecule has 0 unspecified atom stereocenters. The summed E-state index contributed by atoms with van der Waals surface area (Å²) in [6.07, 6.45) is 1.97. The molecule has 8 heteroatoms. The van der Waals surface area contributed by atoms with Gasteiger partial charge in [0, 0.05) is 27.5 Å². The second kappa shape index (κ2) is 11.1. The lowest BCUT2D eigenvalue weighted by molar-refractivity contribution is -0.120. The van der Waals surface area contributed by atoms with Crippen LogP contribution < -0.4 is 11.1 Å². The van der Waals surface area contributed by atoms with Gasteiger partial charge in [-0.15, -0.1) is 36.2 Å². The third kappa shape index (κ3) is 7.23. The SMILES string of the molecule is CCC(N)(CC)CNC(=O)Cc1csc(-c2cccc(Br)c2)n1.Cl.Cl. The van der Waals surface area contributed by atoms with E-state index in [1.54, 1.807) is 11.3 Å². The standard InChI is InChI=1S/C17H22BrN3OS.2ClH/c1-3-17(19,4-2)11-20-15(22)9-14-10-23-16(21-14)12-6-5-7-13(18)8-12;;/h5-8,10H,3-4,9,11,19H2,1-2H3,(H,20,22);2*1H. The van der Waals surface area contributed by atoms with Crippen LogP contribution in [0.5, 0.6) is 0 Å². The van der Waals surface area contributed by atoms with Crippen molar-refractivity contribution in [1.82, 2.24) is 10.3 Å². The number of nitrogens with one attached hydrogen (secondary N) is 1. The molecule has 1 aromatic heterocycles. The molecule has 0 radical (unpaired) electrons. The lowest BCUT2D eigenvalue weighted by atomic mass is 9.94. The molecule has 1 amide bonds. The van der Waals surface area contributed by atoms with E-state index >= 15 is 0 Å². The van der Waals surface area contributed by atoms with Crippen LogP contribution in [0.3, 0.4) is 0 Å². The summed E-state index contributed by atoms with van der Waals surface area (Å²) in [6, 6.07) is 7.99. The molecule has 0 saturated carbocycles. The van der Waals surface area contributed by atoms with Gasteiger partial charge in [-0.2, -0.15) is 0 Å². The van der Waals surface area contributed by atoms with Crippen LogP contribution in [0.25, 0.3) is 10.6 Å². The van der Waals surface area contributed by atoms with E-state index in [2.05, 4.69) is 26.2 Å². The van der Waals surface area contributed by atoms with Crippen molar-refractivity contribution in [2.45, 2.75) is 38.6 Å². The Bertz CT molecular complexity index is 677. The van der Waals surface area contributed by atoms with Gasteiger partial charge < -0.3 is 11.1 Å². The molecular formula is C17H24BrCl2N3OS. The zero-order valence-corrected chi connectivity index (χ0v) is 18.3. The molecule has 0 aliphatic heterocycles. The molecule has 1 aromatic carbocycles. The van der Waals surface area contributed by atoms with Gasteiger partial charge in [-0.25, -0.2) is 4.98 Å². The minimum atomic E-state index is -0.320. The highest BCUT2D eigenvalue weighted by molar-refractivity contribution is 9.10. The van der Waals surface area contributed by atoms with E-state index in [9.17, 15) is 4.79 Å². The van der Waals surface area contributed by atoms with Gasteiger partial charge in [0.1, 0.15) is 5.01 Å². The first-order chi connectivity index (χ1) is 11.0. The quantitative estimate of drug-likeness (QED) is 0.624. The highest BCUT2D eigenvalue weighted by Crippen LogP contribution is 2.26. The van der Waals surface area contributed by atoms with E-state index in [-0.39, 0.29) is 42.7 Å². The van der Waals surface area contributed by atoms with Crippen LogP contribution in [-0.2, 0) is 11.2 Å². The van der Waals surface area contributed by atoms with E-state index in [1.165, 1.54) is 0 Å². The molecule has 3 N–H and O–H groups in total. The van der Waals surface area contributed by atoms with E-state index in [0.29, 0.717) is 6.54 Å². The van der Waals surface area contributed by atoms with Crippen molar-refractivity contribution >= 4 is 58.0 Å². The van der Waals surface area contributed by atoms with Gasteiger partial charge >= 0.3 is 0 Å². The Morgan fingerprint density at radius 1 is 1.32 bits per heavy atom. The van der Waals surface area contributed by atoms with Gasteiger partial charge in [-0.05, 0) is 25.0 Å². The smallest absolute Gasteiger partial charge is 0.226 e. The molecule has 1 heterocycles. The van der Waals surface area contributed by atoms with Crippen molar-refractivity contribution in [2.75, 3.05) is 6.54 Å². The van der Waals surface area contributed by atoms with E-state index in [4.69, 9.17) is 5.73 Å². The molecule has 140 valence electrons. The fraction of sp³-hybridized carbons (Fsp3) is 0.412. The van der Waals surface area contributed by atoms with Crippen LogP contribution in [0.4, 0.5) is 0 Å². The largest absolute Gasteiger partial charge is 0.354 e. The van der Waals surface area contributed by atoms with Gasteiger partial charge in [-0.1, -0.05) is 41.9 Å². The lowest BCUT2D eigenvalue weighted by Crippen LogP contribution is -2.49. The van der Waals surface area contributed by atoms with Crippen molar-refractivity contribution in [3.8, 4) is 10.6 Å². The van der Waals surface area contributed by atoms with E-state index in [0.717, 1.165) is 33.6 Å². The van der Waals surface area contributed by atoms with Crippen molar-refractivity contribution in [1.29, 1.82) is 0 Å². The lowest BCUT2D eigenvalue weighted by Gasteiger charge is -2.26. The molecule has 2 aromatic rings. The zero-order chi connectivity index (χ0) is 16.9. The van der Waals surface area contributed by atoms with Crippen LogP contribution >= 0.6 is 52.1 Å². The first-order valence-corrected chi connectivity index (χ1v) is 9.39. The minimum Gasteiger partial charge on any atom is -0.354 e. The Hall–Kier alpha value is -0.660.